The van der Waals surface area contributed by atoms with Crippen molar-refractivity contribution in [1.29, 1.82) is 5.26 Å². The molecule has 0 unspecified atom stereocenters. The molecule has 2 N–H and O–H groups in total. The van der Waals surface area contributed by atoms with Crippen molar-refractivity contribution in [2.75, 3.05) is 0 Å². The van der Waals surface area contributed by atoms with Crippen LogP contribution in [0.2, 0.25) is 0 Å². The first-order valence-electron chi connectivity index (χ1n) is 3.12. The van der Waals surface area contributed by atoms with E-state index in [9.17, 15) is 0 Å². The van der Waals surface area contributed by atoms with Gasteiger partial charge in [0.1, 0.15) is 0 Å². The predicted octanol–water partition coefficient (Wildman–Crippen LogP) is 2.42. The minimum Gasteiger partial charge on any atom is -0.322 e. The maximum atomic E-state index is 8.37. The number of nitriles is 1. The largest absolute Gasteiger partial charge is 0.322 e. The zero-order valence-electron chi connectivity index (χ0n) is 5.75. The number of rotatable bonds is 2. The van der Waals surface area contributed by atoms with Gasteiger partial charge in [-0.15, -0.1) is 11.3 Å². The van der Waals surface area contributed by atoms with Crippen LogP contribution in [0.5, 0.6) is 0 Å². The first-order chi connectivity index (χ1) is 5.24. The monoisotopic (exact) mass is 230 g/mol. The highest BCUT2D eigenvalue weighted by atomic mass is 79.9. The van der Waals surface area contributed by atoms with E-state index in [1.165, 1.54) is 0 Å². The third kappa shape index (κ3) is 2.29. The maximum absolute atomic E-state index is 8.37. The summed E-state index contributed by atoms with van der Waals surface area (Å²) in [7, 11) is 0. The van der Waals surface area contributed by atoms with Gasteiger partial charge >= 0.3 is 0 Å². The summed E-state index contributed by atoms with van der Waals surface area (Å²) in [5.41, 5.74) is 5.69. The second-order valence-electron chi connectivity index (χ2n) is 2.11. The van der Waals surface area contributed by atoms with E-state index in [1.807, 2.05) is 18.2 Å². The molecule has 0 aromatic carbocycles. The number of halogens is 1. The van der Waals surface area contributed by atoms with Gasteiger partial charge in [0, 0.05) is 4.88 Å². The lowest BCUT2D eigenvalue weighted by Gasteiger charge is -2.01. The molecule has 1 aromatic rings. The molecular weight excluding hydrogens is 224 g/mol. The molecule has 11 heavy (non-hydrogen) atoms. The van der Waals surface area contributed by atoms with Crippen LogP contribution in [-0.4, -0.2) is 0 Å². The number of nitrogens with two attached hydrogens (primary N) is 1. The highest BCUT2D eigenvalue weighted by Crippen LogP contribution is 2.27. The maximum Gasteiger partial charge on any atom is 0.0701 e. The lowest BCUT2D eigenvalue weighted by Crippen LogP contribution is -2.06. The van der Waals surface area contributed by atoms with E-state index in [2.05, 4.69) is 15.9 Å². The SMILES string of the molecule is N#CC[C@@H](N)c1ccc(Br)s1. The lowest BCUT2D eigenvalue weighted by molar-refractivity contribution is 0.765. The van der Waals surface area contributed by atoms with Crippen LogP contribution >= 0.6 is 27.3 Å². The summed E-state index contributed by atoms with van der Waals surface area (Å²) >= 11 is 4.91. The molecule has 0 aliphatic rings. The average Bonchev–Trinajstić information content (AvgIpc) is 2.36. The molecule has 2 nitrogen and oxygen atoms in total. The molecule has 4 heteroatoms. The van der Waals surface area contributed by atoms with E-state index in [4.69, 9.17) is 11.0 Å². The van der Waals surface area contributed by atoms with Gasteiger partial charge < -0.3 is 5.73 Å². The molecule has 0 saturated carbocycles. The minimum absolute atomic E-state index is 0.128. The molecule has 1 atom stereocenters. The van der Waals surface area contributed by atoms with Crippen molar-refractivity contribution < 1.29 is 0 Å². The van der Waals surface area contributed by atoms with Gasteiger partial charge in [0.15, 0.2) is 0 Å². The van der Waals surface area contributed by atoms with Crippen molar-refractivity contribution in [3.05, 3.63) is 20.8 Å². The molecule has 0 radical (unpaired) electrons. The molecule has 1 heterocycles. The van der Waals surface area contributed by atoms with Gasteiger partial charge in [0.25, 0.3) is 0 Å². The smallest absolute Gasteiger partial charge is 0.0701 e. The summed E-state index contributed by atoms with van der Waals surface area (Å²) < 4.78 is 1.06. The van der Waals surface area contributed by atoms with Gasteiger partial charge in [-0.3, -0.25) is 0 Å². The molecule has 58 valence electrons. The van der Waals surface area contributed by atoms with E-state index in [0.29, 0.717) is 6.42 Å². The average molecular weight is 231 g/mol. The van der Waals surface area contributed by atoms with E-state index in [-0.39, 0.29) is 6.04 Å². The number of thiophene rings is 1. The first-order valence-corrected chi connectivity index (χ1v) is 4.72. The van der Waals surface area contributed by atoms with Gasteiger partial charge in [-0.2, -0.15) is 5.26 Å². The van der Waals surface area contributed by atoms with Crippen molar-refractivity contribution in [3.63, 3.8) is 0 Å². The van der Waals surface area contributed by atoms with Gasteiger partial charge in [-0.1, -0.05) is 0 Å². The summed E-state index contributed by atoms with van der Waals surface area (Å²) in [6.45, 7) is 0. The third-order valence-corrected chi connectivity index (χ3v) is 3.03. The van der Waals surface area contributed by atoms with Crippen LogP contribution in [0, 0.1) is 11.3 Å². The first kappa shape index (κ1) is 8.72. The van der Waals surface area contributed by atoms with Gasteiger partial charge in [0.2, 0.25) is 0 Å². The Labute approximate surface area is 77.8 Å². The van der Waals surface area contributed by atoms with E-state index >= 15 is 0 Å². The molecule has 0 aliphatic heterocycles. The summed E-state index contributed by atoms with van der Waals surface area (Å²) in [5, 5.41) is 8.37. The van der Waals surface area contributed by atoms with Crippen molar-refractivity contribution >= 4 is 27.3 Å². The highest BCUT2D eigenvalue weighted by Gasteiger charge is 2.06. The Morgan fingerprint density at radius 3 is 2.91 bits per heavy atom. The van der Waals surface area contributed by atoms with Crippen LogP contribution < -0.4 is 5.73 Å². The van der Waals surface area contributed by atoms with Crippen molar-refractivity contribution in [3.8, 4) is 6.07 Å². The van der Waals surface area contributed by atoms with Crippen LogP contribution in [0.1, 0.15) is 17.3 Å². The van der Waals surface area contributed by atoms with Gasteiger partial charge in [-0.05, 0) is 28.1 Å². The molecule has 0 saturated heterocycles. The molecule has 0 spiro atoms. The van der Waals surface area contributed by atoms with Crippen molar-refractivity contribution in [2.24, 2.45) is 5.73 Å². The van der Waals surface area contributed by atoms with Crippen LogP contribution in [0.3, 0.4) is 0 Å². The Morgan fingerprint density at radius 2 is 2.45 bits per heavy atom. The molecule has 0 amide bonds. The van der Waals surface area contributed by atoms with Crippen LogP contribution in [0.15, 0.2) is 15.9 Å². The van der Waals surface area contributed by atoms with Crippen LogP contribution in [0.4, 0.5) is 0 Å². The van der Waals surface area contributed by atoms with Gasteiger partial charge in [-0.25, -0.2) is 0 Å². The quantitative estimate of drug-likeness (QED) is 0.849. The zero-order chi connectivity index (χ0) is 8.27. The number of hydrogen-bond donors (Lipinski definition) is 1. The van der Waals surface area contributed by atoms with Crippen molar-refractivity contribution in [2.45, 2.75) is 12.5 Å². The summed E-state index contributed by atoms with van der Waals surface area (Å²) in [4.78, 5) is 1.05. The normalized spacial score (nSPS) is 12.5. The topological polar surface area (TPSA) is 49.8 Å². The lowest BCUT2D eigenvalue weighted by atomic mass is 10.2. The molecular formula is C7H7BrN2S. The fourth-order valence-electron chi connectivity index (χ4n) is 0.727. The summed E-state index contributed by atoms with van der Waals surface area (Å²) in [5.74, 6) is 0. The zero-order valence-corrected chi connectivity index (χ0v) is 8.15. The Balaban J connectivity index is 2.70. The van der Waals surface area contributed by atoms with E-state index < -0.39 is 0 Å². The Kier molecular flexibility index (Phi) is 3.06. The molecule has 1 aromatic heterocycles. The summed E-state index contributed by atoms with van der Waals surface area (Å²) in [6.07, 6.45) is 0.382. The molecule has 0 aliphatic carbocycles. The standard InChI is InChI=1S/C7H7BrN2S/c8-7-2-1-6(11-7)5(10)3-4-9/h1-2,5H,3,10H2/t5-/m1/s1. The second-order valence-corrected chi connectivity index (χ2v) is 4.61. The Hall–Kier alpha value is -0.370. The van der Waals surface area contributed by atoms with Crippen LogP contribution in [-0.2, 0) is 0 Å². The van der Waals surface area contributed by atoms with Crippen molar-refractivity contribution in [1.82, 2.24) is 0 Å². The predicted molar refractivity (Wildman–Crippen MR) is 49.2 cm³/mol. The van der Waals surface area contributed by atoms with E-state index in [1.54, 1.807) is 11.3 Å². The summed E-state index contributed by atoms with van der Waals surface area (Å²) in [6, 6.07) is 5.80. The third-order valence-electron chi connectivity index (χ3n) is 1.27. The highest BCUT2D eigenvalue weighted by molar-refractivity contribution is 9.11. The Bertz CT molecular complexity index is 276. The molecule has 0 fully saturated rings. The number of hydrogen-bond acceptors (Lipinski definition) is 3. The van der Waals surface area contributed by atoms with Gasteiger partial charge in [0.05, 0.1) is 22.3 Å². The Morgan fingerprint density at radius 1 is 1.73 bits per heavy atom. The fraction of sp³-hybridized carbons (Fsp3) is 0.286. The van der Waals surface area contributed by atoms with E-state index in [0.717, 1.165) is 8.66 Å². The molecule has 0 bridgehead atoms. The second kappa shape index (κ2) is 3.86. The minimum atomic E-state index is -0.128. The number of nitrogens with zero attached hydrogens (tertiary/aromatic N) is 1. The van der Waals surface area contributed by atoms with Crippen LogP contribution in [0.25, 0.3) is 0 Å². The molecule has 1 rings (SSSR count). The fourth-order valence-corrected chi connectivity index (χ4v) is 2.15.